The number of aryl methyl sites for hydroxylation is 1. The average Bonchev–Trinajstić information content (AvgIpc) is 3.44. The van der Waals surface area contributed by atoms with Crippen LogP contribution in [0.15, 0.2) is 60.7 Å². The van der Waals surface area contributed by atoms with E-state index in [0.717, 1.165) is 37.4 Å². The van der Waals surface area contributed by atoms with Crippen molar-refractivity contribution in [2.45, 2.75) is 26.3 Å². The Morgan fingerprint density at radius 2 is 1.79 bits per heavy atom. The summed E-state index contributed by atoms with van der Waals surface area (Å²) >= 11 is 0. The van der Waals surface area contributed by atoms with Gasteiger partial charge in [0.1, 0.15) is 23.1 Å². The third-order valence-electron chi connectivity index (χ3n) is 6.08. The molecule has 3 heterocycles. The Labute approximate surface area is 190 Å². The van der Waals surface area contributed by atoms with Crippen molar-refractivity contribution in [2.75, 3.05) is 23.3 Å². The SMILES string of the molecule is Cc1nc(N2CCCC2)ccc1NC(=O)c1cc2cc(F)ccc2n1Cc1cccc(F)c1. The number of aromatic nitrogens is 2. The van der Waals surface area contributed by atoms with Crippen LogP contribution in [0.4, 0.5) is 20.3 Å². The summed E-state index contributed by atoms with van der Waals surface area (Å²) in [5.41, 5.74) is 3.12. The molecule has 1 saturated heterocycles. The number of amides is 1. The van der Waals surface area contributed by atoms with Gasteiger partial charge in [-0.3, -0.25) is 4.79 Å². The number of pyridine rings is 1. The van der Waals surface area contributed by atoms with Crippen molar-refractivity contribution < 1.29 is 13.6 Å². The fraction of sp³-hybridized carbons (Fsp3) is 0.231. The molecular formula is C26H24F2N4O. The standard InChI is InChI=1S/C26H24F2N4O/c1-17-22(8-10-25(29-17)31-11-2-3-12-31)30-26(33)24-15-19-14-21(28)7-9-23(19)32(24)16-18-5-4-6-20(27)13-18/h4-10,13-15H,2-3,11-12,16H2,1H3,(H,30,33). The number of nitrogens with one attached hydrogen (secondary N) is 1. The normalized spacial score (nSPS) is 13.6. The van der Waals surface area contributed by atoms with Gasteiger partial charge in [0.15, 0.2) is 0 Å². The molecule has 1 amide bonds. The van der Waals surface area contributed by atoms with E-state index in [-0.39, 0.29) is 24.1 Å². The summed E-state index contributed by atoms with van der Waals surface area (Å²) in [7, 11) is 0. The minimum absolute atomic E-state index is 0.279. The Morgan fingerprint density at radius 3 is 2.55 bits per heavy atom. The van der Waals surface area contributed by atoms with Crippen LogP contribution in [0.5, 0.6) is 0 Å². The second-order valence-corrected chi connectivity index (χ2v) is 8.40. The highest BCUT2D eigenvalue weighted by Crippen LogP contribution is 2.26. The van der Waals surface area contributed by atoms with Crippen LogP contribution < -0.4 is 10.2 Å². The molecule has 5 rings (SSSR count). The van der Waals surface area contributed by atoms with Gasteiger partial charge in [0.2, 0.25) is 0 Å². The zero-order valence-electron chi connectivity index (χ0n) is 18.3. The van der Waals surface area contributed by atoms with Crippen molar-refractivity contribution in [1.29, 1.82) is 0 Å². The lowest BCUT2D eigenvalue weighted by Crippen LogP contribution is -2.21. The largest absolute Gasteiger partial charge is 0.357 e. The summed E-state index contributed by atoms with van der Waals surface area (Å²) in [6.45, 7) is 4.14. The third-order valence-corrected chi connectivity index (χ3v) is 6.08. The Kier molecular flexibility index (Phi) is 5.54. The van der Waals surface area contributed by atoms with E-state index in [0.29, 0.717) is 27.8 Å². The number of carbonyl (C=O) groups excluding carboxylic acids is 1. The molecule has 0 radical (unpaired) electrons. The summed E-state index contributed by atoms with van der Waals surface area (Å²) < 4.78 is 29.4. The molecule has 5 nitrogen and oxygen atoms in total. The van der Waals surface area contributed by atoms with Gasteiger partial charge in [-0.25, -0.2) is 13.8 Å². The van der Waals surface area contributed by atoms with Gasteiger partial charge in [0, 0.05) is 30.5 Å². The van der Waals surface area contributed by atoms with Gasteiger partial charge >= 0.3 is 0 Å². The molecule has 1 N–H and O–H groups in total. The van der Waals surface area contributed by atoms with E-state index in [9.17, 15) is 13.6 Å². The molecule has 0 aliphatic carbocycles. The highest BCUT2D eigenvalue weighted by atomic mass is 19.1. The van der Waals surface area contributed by atoms with Gasteiger partial charge in [0.05, 0.1) is 11.4 Å². The zero-order chi connectivity index (χ0) is 22.9. The lowest BCUT2D eigenvalue weighted by molar-refractivity contribution is 0.101. The summed E-state index contributed by atoms with van der Waals surface area (Å²) in [6.07, 6.45) is 2.32. The van der Waals surface area contributed by atoms with Crippen LogP contribution in [0.2, 0.25) is 0 Å². The van der Waals surface area contributed by atoms with E-state index >= 15 is 0 Å². The summed E-state index contributed by atoms with van der Waals surface area (Å²) in [4.78, 5) is 20.2. The van der Waals surface area contributed by atoms with E-state index in [1.54, 1.807) is 28.8 Å². The summed E-state index contributed by atoms with van der Waals surface area (Å²) in [5, 5.41) is 3.56. The van der Waals surface area contributed by atoms with Crippen LogP contribution in [0.3, 0.4) is 0 Å². The second kappa shape index (κ2) is 8.65. The molecule has 33 heavy (non-hydrogen) atoms. The van der Waals surface area contributed by atoms with Gasteiger partial charge < -0.3 is 14.8 Å². The first-order valence-corrected chi connectivity index (χ1v) is 11.0. The maximum Gasteiger partial charge on any atom is 0.272 e. The highest BCUT2D eigenvalue weighted by molar-refractivity contribution is 6.06. The molecule has 4 aromatic rings. The molecule has 7 heteroatoms. The van der Waals surface area contributed by atoms with E-state index < -0.39 is 0 Å². The number of anilines is 2. The lowest BCUT2D eigenvalue weighted by Gasteiger charge is -2.18. The van der Waals surface area contributed by atoms with Crippen molar-refractivity contribution in [3.8, 4) is 0 Å². The molecule has 0 unspecified atom stereocenters. The van der Waals surface area contributed by atoms with Crippen molar-refractivity contribution in [3.63, 3.8) is 0 Å². The number of rotatable bonds is 5. The topological polar surface area (TPSA) is 50.2 Å². The minimum atomic E-state index is -0.380. The molecule has 1 aliphatic rings. The van der Waals surface area contributed by atoms with Crippen molar-refractivity contribution in [2.24, 2.45) is 0 Å². The average molecular weight is 447 g/mol. The lowest BCUT2D eigenvalue weighted by atomic mass is 10.2. The smallest absolute Gasteiger partial charge is 0.272 e. The third kappa shape index (κ3) is 4.31. The molecule has 0 spiro atoms. The van der Waals surface area contributed by atoms with Gasteiger partial charge in [0.25, 0.3) is 5.91 Å². The van der Waals surface area contributed by atoms with Gasteiger partial charge in [-0.2, -0.15) is 0 Å². The molecule has 0 atom stereocenters. The highest BCUT2D eigenvalue weighted by Gasteiger charge is 2.19. The minimum Gasteiger partial charge on any atom is -0.357 e. The van der Waals surface area contributed by atoms with E-state index in [1.807, 2.05) is 19.1 Å². The molecule has 1 fully saturated rings. The fourth-order valence-electron chi connectivity index (χ4n) is 4.41. The number of nitrogens with zero attached hydrogens (tertiary/aromatic N) is 3. The van der Waals surface area contributed by atoms with Crippen LogP contribution >= 0.6 is 0 Å². The van der Waals surface area contributed by atoms with Crippen molar-refractivity contribution >= 4 is 28.3 Å². The molecule has 2 aromatic carbocycles. The Bertz CT molecular complexity index is 1340. The van der Waals surface area contributed by atoms with E-state index in [4.69, 9.17) is 0 Å². The van der Waals surface area contributed by atoms with Crippen LogP contribution in [-0.2, 0) is 6.54 Å². The molecule has 0 saturated carbocycles. The predicted molar refractivity (Wildman–Crippen MR) is 126 cm³/mol. The Morgan fingerprint density at radius 1 is 1.00 bits per heavy atom. The van der Waals surface area contributed by atoms with Crippen LogP contribution in [0, 0.1) is 18.6 Å². The van der Waals surface area contributed by atoms with Crippen molar-refractivity contribution in [1.82, 2.24) is 9.55 Å². The molecule has 168 valence electrons. The van der Waals surface area contributed by atoms with Crippen LogP contribution in [0.1, 0.15) is 34.6 Å². The van der Waals surface area contributed by atoms with Crippen LogP contribution in [-0.4, -0.2) is 28.5 Å². The number of hydrogen-bond acceptors (Lipinski definition) is 3. The van der Waals surface area contributed by atoms with E-state index in [1.165, 1.54) is 24.3 Å². The quantitative estimate of drug-likeness (QED) is 0.439. The second-order valence-electron chi connectivity index (χ2n) is 8.40. The number of fused-ring (bicyclic) bond motifs is 1. The zero-order valence-corrected chi connectivity index (χ0v) is 18.3. The maximum atomic E-state index is 13.9. The monoisotopic (exact) mass is 446 g/mol. The predicted octanol–water partition coefficient (Wildman–Crippen LogP) is 5.52. The number of carbonyl (C=O) groups is 1. The molecule has 0 bridgehead atoms. The first-order valence-electron chi connectivity index (χ1n) is 11.0. The maximum absolute atomic E-state index is 13.9. The Balaban J connectivity index is 1.47. The molecular weight excluding hydrogens is 422 g/mol. The molecule has 1 aliphatic heterocycles. The summed E-state index contributed by atoms with van der Waals surface area (Å²) in [6, 6.07) is 16.1. The van der Waals surface area contributed by atoms with Crippen molar-refractivity contribution in [3.05, 3.63) is 89.2 Å². The summed E-state index contributed by atoms with van der Waals surface area (Å²) in [5.74, 6) is -0.142. The first kappa shape index (κ1) is 21.1. The number of halogens is 2. The number of hydrogen-bond donors (Lipinski definition) is 1. The Hall–Kier alpha value is -3.74. The van der Waals surface area contributed by atoms with E-state index in [2.05, 4.69) is 15.2 Å². The first-order chi connectivity index (χ1) is 16.0. The van der Waals surface area contributed by atoms with Gasteiger partial charge in [-0.15, -0.1) is 0 Å². The van der Waals surface area contributed by atoms with Gasteiger partial charge in [-0.1, -0.05) is 12.1 Å². The molecule has 2 aromatic heterocycles. The van der Waals surface area contributed by atoms with Crippen LogP contribution in [0.25, 0.3) is 10.9 Å². The fourth-order valence-corrected chi connectivity index (χ4v) is 4.41. The van der Waals surface area contributed by atoms with Gasteiger partial charge in [-0.05, 0) is 73.9 Å². The number of benzene rings is 2.